The van der Waals surface area contributed by atoms with Crippen LogP contribution < -0.4 is 10.5 Å². The molecule has 2 rings (SSSR count). The fourth-order valence-corrected chi connectivity index (χ4v) is 1.78. The number of carboxylic acid groups (broad SMARTS) is 1. The summed E-state index contributed by atoms with van der Waals surface area (Å²) in [7, 11) is 0. The predicted molar refractivity (Wildman–Crippen MR) is 71.9 cm³/mol. The minimum Gasteiger partial charge on any atom is -0.478 e. The largest absolute Gasteiger partial charge is 0.478 e. The van der Waals surface area contributed by atoms with Crippen molar-refractivity contribution in [2.75, 3.05) is 5.73 Å². The Bertz CT molecular complexity index is 644. The van der Waals surface area contributed by atoms with Crippen LogP contribution in [0.4, 0.5) is 5.69 Å². The Labute approximate surface area is 114 Å². The Kier molecular flexibility index (Phi) is 3.57. The van der Waals surface area contributed by atoms with Gasteiger partial charge in [-0.05, 0) is 36.8 Å². The van der Waals surface area contributed by atoms with Gasteiger partial charge in [0.2, 0.25) is 5.88 Å². The van der Waals surface area contributed by atoms with E-state index in [0.29, 0.717) is 10.8 Å². The SMILES string of the molecule is Cc1cc(Cl)ccc1Oc1nccc(C(=O)O)c1N. The van der Waals surface area contributed by atoms with Crippen LogP contribution in [0.2, 0.25) is 5.02 Å². The lowest BCUT2D eigenvalue weighted by molar-refractivity contribution is 0.0697. The lowest BCUT2D eigenvalue weighted by Crippen LogP contribution is -2.05. The number of hydrogen-bond acceptors (Lipinski definition) is 4. The fraction of sp³-hybridized carbons (Fsp3) is 0.0769. The van der Waals surface area contributed by atoms with Gasteiger partial charge in [0.1, 0.15) is 11.4 Å². The highest BCUT2D eigenvalue weighted by atomic mass is 35.5. The van der Waals surface area contributed by atoms with Gasteiger partial charge >= 0.3 is 5.97 Å². The normalized spacial score (nSPS) is 10.2. The average Bonchev–Trinajstić information content (AvgIpc) is 2.34. The summed E-state index contributed by atoms with van der Waals surface area (Å²) in [4.78, 5) is 14.9. The summed E-state index contributed by atoms with van der Waals surface area (Å²) in [6.45, 7) is 1.82. The molecular weight excluding hydrogens is 268 g/mol. The Morgan fingerprint density at radius 1 is 1.42 bits per heavy atom. The number of aromatic nitrogens is 1. The molecule has 0 amide bonds. The number of anilines is 1. The van der Waals surface area contributed by atoms with Crippen molar-refractivity contribution in [3.63, 3.8) is 0 Å². The van der Waals surface area contributed by atoms with Gasteiger partial charge < -0.3 is 15.6 Å². The lowest BCUT2D eigenvalue weighted by atomic mass is 10.2. The molecule has 0 aliphatic rings. The molecule has 1 heterocycles. The highest BCUT2D eigenvalue weighted by Gasteiger charge is 2.14. The Hall–Kier alpha value is -2.27. The van der Waals surface area contributed by atoms with E-state index in [1.54, 1.807) is 18.2 Å². The number of benzene rings is 1. The van der Waals surface area contributed by atoms with E-state index in [0.717, 1.165) is 5.56 Å². The highest BCUT2D eigenvalue weighted by molar-refractivity contribution is 6.30. The minimum absolute atomic E-state index is 0.00986. The van der Waals surface area contributed by atoms with Gasteiger partial charge in [-0.2, -0.15) is 0 Å². The van der Waals surface area contributed by atoms with Crippen molar-refractivity contribution < 1.29 is 14.6 Å². The first-order valence-corrected chi connectivity index (χ1v) is 5.78. The second kappa shape index (κ2) is 5.16. The van der Waals surface area contributed by atoms with Crippen molar-refractivity contribution in [2.45, 2.75) is 6.92 Å². The number of hydrogen-bond donors (Lipinski definition) is 2. The Morgan fingerprint density at radius 2 is 2.16 bits per heavy atom. The van der Waals surface area contributed by atoms with Crippen LogP contribution in [0.1, 0.15) is 15.9 Å². The predicted octanol–water partition coefficient (Wildman–Crippen LogP) is 3.12. The lowest BCUT2D eigenvalue weighted by Gasteiger charge is -2.11. The van der Waals surface area contributed by atoms with Crippen LogP contribution in [0.5, 0.6) is 11.6 Å². The molecule has 1 aromatic heterocycles. The Balaban J connectivity index is 2.38. The second-order valence-corrected chi connectivity index (χ2v) is 4.33. The van der Waals surface area contributed by atoms with Crippen LogP contribution in [0.3, 0.4) is 0 Å². The van der Waals surface area contributed by atoms with Gasteiger partial charge in [-0.15, -0.1) is 0 Å². The number of nitrogens with zero attached hydrogens (tertiary/aromatic N) is 1. The number of aromatic carboxylic acids is 1. The molecule has 0 spiro atoms. The zero-order valence-electron chi connectivity index (χ0n) is 10.1. The van der Waals surface area contributed by atoms with Gasteiger partial charge in [-0.25, -0.2) is 9.78 Å². The minimum atomic E-state index is -1.13. The number of nitrogens with two attached hydrogens (primary N) is 1. The van der Waals surface area contributed by atoms with Crippen LogP contribution in [-0.2, 0) is 0 Å². The van der Waals surface area contributed by atoms with E-state index in [1.807, 2.05) is 6.92 Å². The molecule has 98 valence electrons. The third-order valence-corrected chi connectivity index (χ3v) is 2.76. The van der Waals surface area contributed by atoms with Crippen molar-refractivity contribution in [1.82, 2.24) is 4.98 Å². The van der Waals surface area contributed by atoms with Crippen molar-refractivity contribution in [3.05, 3.63) is 46.6 Å². The van der Waals surface area contributed by atoms with E-state index < -0.39 is 5.97 Å². The van der Waals surface area contributed by atoms with Crippen LogP contribution in [-0.4, -0.2) is 16.1 Å². The molecule has 5 nitrogen and oxygen atoms in total. The molecule has 0 saturated heterocycles. The summed E-state index contributed by atoms with van der Waals surface area (Å²) >= 11 is 5.84. The molecule has 1 aromatic carbocycles. The topological polar surface area (TPSA) is 85.4 Å². The molecule has 3 N–H and O–H groups in total. The Morgan fingerprint density at radius 3 is 2.79 bits per heavy atom. The molecule has 0 aliphatic heterocycles. The van der Waals surface area contributed by atoms with Gasteiger partial charge in [-0.1, -0.05) is 11.6 Å². The summed E-state index contributed by atoms with van der Waals surface area (Å²) < 4.78 is 5.53. The summed E-state index contributed by atoms with van der Waals surface area (Å²) in [5.41, 5.74) is 6.46. The molecule has 19 heavy (non-hydrogen) atoms. The van der Waals surface area contributed by atoms with Crippen molar-refractivity contribution in [2.24, 2.45) is 0 Å². The summed E-state index contributed by atoms with van der Waals surface area (Å²) in [6.07, 6.45) is 1.33. The first-order valence-electron chi connectivity index (χ1n) is 5.41. The van der Waals surface area contributed by atoms with E-state index in [1.165, 1.54) is 12.3 Å². The van der Waals surface area contributed by atoms with Gasteiger partial charge in [0.15, 0.2) is 0 Å². The monoisotopic (exact) mass is 278 g/mol. The van der Waals surface area contributed by atoms with E-state index in [4.69, 9.17) is 27.2 Å². The molecular formula is C13H11ClN2O3. The van der Waals surface area contributed by atoms with Gasteiger partial charge in [0, 0.05) is 11.2 Å². The molecule has 0 saturated carbocycles. The standard InChI is InChI=1S/C13H11ClN2O3/c1-7-6-8(14)2-3-10(7)19-12-11(15)9(13(17)18)4-5-16-12/h2-6H,15H2,1H3,(H,17,18). The summed E-state index contributed by atoms with van der Waals surface area (Å²) in [5, 5.41) is 9.55. The number of halogens is 1. The third kappa shape index (κ3) is 2.77. The van der Waals surface area contributed by atoms with Crippen LogP contribution in [0, 0.1) is 6.92 Å². The first kappa shape index (κ1) is 13.2. The number of nitrogen functional groups attached to an aromatic ring is 1. The van der Waals surface area contributed by atoms with Gasteiger partial charge in [0.25, 0.3) is 0 Å². The van der Waals surface area contributed by atoms with Gasteiger partial charge in [-0.3, -0.25) is 0 Å². The van der Waals surface area contributed by atoms with E-state index in [9.17, 15) is 4.79 Å². The molecule has 2 aromatic rings. The van der Waals surface area contributed by atoms with E-state index in [-0.39, 0.29) is 17.1 Å². The summed E-state index contributed by atoms with van der Waals surface area (Å²) in [5.74, 6) is -0.547. The number of carbonyl (C=O) groups is 1. The van der Waals surface area contributed by atoms with Crippen molar-refractivity contribution in [1.29, 1.82) is 0 Å². The van der Waals surface area contributed by atoms with E-state index in [2.05, 4.69) is 4.98 Å². The molecule has 0 fully saturated rings. The maximum atomic E-state index is 11.0. The van der Waals surface area contributed by atoms with Gasteiger partial charge in [0.05, 0.1) is 5.56 Å². The third-order valence-electron chi connectivity index (χ3n) is 2.53. The molecule has 0 atom stereocenters. The molecule has 0 unspecified atom stereocenters. The fourth-order valence-electron chi connectivity index (χ4n) is 1.55. The molecule has 0 bridgehead atoms. The maximum absolute atomic E-state index is 11.0. The van der Waals surface area contributed by atoms with Crippen LogP contribution in [0.15, 0.2) is 30.5 Å². The number of carboxylic acids is 1. The van der Waals surface area contributed by atoms with Crippen LogP contribution >= 0.6 is 11.6 Å². The number of aryl methyl sites for hydroxylation is 1. The number of pyridine rings is 1. The first-order chi connectivity index (χ1) is 8.99. The zero-order chi connectivity index (χ0) is 14.0. The summed E-state index contributed by atoms with van der Waals surface area (Å²) in [6, 6.07) is 6.39. The molecule has 0 aliphatic carbocycles. The quantitative estimate of drug-likeness (QED) is 0.901. The smallest absolute Gasteiger partial charge is 0.338 e. The zero-order valence-corrected chi connectivity index (χ0v) is 10.8. The molecule has 0 radical (unpaired) electrons. The van der Waals surface area contributed by atoms with Crippen molar-refractivity contribution >= 4 is 23.3 Å². The number of rotatable bonds is 3. The van der Waals surface area contributed by atoms with E-state index >= 15 is 0 Å². The average molecular weight is 279 g/mol. The highest BCUT2D eigenvalue weighted by Crippen LogP contribution is 2.30. The van der Waals surface area contributed by atoms with Crippen molar-refractivity contribution in [3.8, 4) is 11.6 Å². The maximum Gasteiger partial charge on any atom is 0.338 e. The number of ether oxygens (including phenoxy) is 1. The second-order valence-electron chi connectivity index (χ2n) is 3.89. The van der Waals surface area contributed by atoms with Crippen LogP contribution in [0.25, 0.3) is 0 Å². The molecule has 6 heteroatoms.